The highest BCUT2D eigenvalue weighted by molar-refractivity contribution is 6.29. The molecule has 1 N–H and O–H groups in total. The van der Waals surface area contributed by atoms with E-state index in [2.05, 4.69) is 22.4 Å². The molecular formula is C13H14ClN3O. The largest absolute Gasteiger partial charge is 0.494 e. The highest BCUT2D eigenvalue weighted by Crippen LogP contribution is 2.19. The molecule has 0 aliphatic rings. The lowest BCUT2D eigenvalue weighted by atomic mass is 10.3. The van der Waals surface area contributed by atoms with Gasteiger partial charge in [0.15, 0.2) is 11.0 Å². The van der Waals surface area contributed by atoms with Crippen molar-refractivity contribution in [2.24, 2.45) is 0 Å². The average molecular weight is 264 g/mol. The third-order valence-corrected chi connectivity index (χ3v) is 2.43. The second-order valence-electron chi connectivity index (χ2n) is 3.74. The second kappa shape index (κ2) is 6.21. The Labute approximate surface area is 111 Å². The molecule has 18 heavy (non-hydrogen) atoms. The lowest BCUT2D eigenvalue weighted by Gasteiger charge is -2.07. The molecular weight excluding hydrogens is 250 g/mol. The number of rotatable bonds is 5. The van der Waals surface area contributed by atoms with Gasteiger partial charge in [-0.3, -0.25) is 0 Å². The third-order valence-electron chi connectivity index (χ3n) is 2.23. The first-order chi connectivity index (χ1) is 8.78. The number of ether oxygens (including phenoxy) is 1. The molecule has 0 amide bonds. The van der Waals surface area contributed by atoms with Crippen LogP contribution in [-0.4, -0.2) is 16.8 Å². The van der Waals surface area contributed by atoms with Gasteiger partial charge in [0.05, 0.1) is 6.61 Å². The van der Waals surface area contributed by atoms with Crippen molar-refractivity contribution in [3.8, 4) is 5.75 Å². The van der Waals surface area contributed by atoms with Crippen LogP contribution in [0.3, 0.4) is 0 Å². The van der Waals surface area contributed by atoms with E-state index >= 15 is 0 Å². The fraction of sp³-hybridized carbons (Fsp3) is 0.231. The van der Waals surface area contributed by atoms with Gasteiger partial charge in [-0.15, -0.1) is 10.2 Å². The predicted molar refractivity (Wildman–Crippen MR) is 72.6 cm³/mol. The minimum atomic E-state index is 0.379. The van der Waals surface area contributed by atoms with Gasteiger partial charge < -0.3 is 10.1 Å². The van der Waals surface area contributed by atoms with Crippen molar-refractivity contribution in [1.82, 2.24) is 10.2 Å². The van der Waals surface area contributed by atoms with Gasteiger partial charge in [-0.25, -0.2) is 0 Å². The summed E-state index contributed by atoms with van der Waals surface area (Å²) in [6.07, 6.45) is 1.00. The predicted octanol–water partition coefficient (Wildman–Crippen LogP) is 3.66. The number of nitrogens with zero attached hydrogens (tertiary/aromatic N) is 2. The molecule has 1 heterocycles. The second-order valence-corrected chi connectivity index (χ2v) is 4.13. The maximum atomic E-state index is 5.67. The summed E-state index contributed by atoms with van der Waals surface area (Å²) in [7, 11) is 0. The molecule has 0 aliphatic heterocycles. The molecule has 2 aromatic rings. The minimum Gasteiger partial charge on any atom is -0.494 e. The lowest BCUT2D eigenvalue weighted by molar-refractivity contribution is 0.317. The fourth-order valence-corrected chi connectivity index (χ4v) is 1.49. The Bertz CT molecular complexity index is 485. The Kier molecular flexibility index (Phi) is 4.36. The van der Waals surface area contributed by atoms with E-state index in [-0.39, 0.29) is 0 Å². The quantitative estimate of drug-likeness (QED) is 0.894. The minimum absolute atomic E-state index is 0.379. The Balaban J connectivity index is 1.99. The highest BCUT2D eigenvalue weighted by atomic mass is 35.5. The number of halogens is 1. The van der Waals surface area contributed by atoms with Crippen LogP contribution in [0.15, 0.2) is 36.4 Å². The number of anilines is 2. The van der Waals surface area contributed by atoms with Crippen molar-refractivity contribution < 1.29 is 4.74 Å². The standard InChI is InChI=1S/C13H14ClN3O/c1-2-9-18-11-5-3-10(4-6-11)15-13-8-7-12(14)16-17-13/h3-8H,2,9H2,1H3,(H,15,17). The van der Waals surface area contributed by atoms with Crippen molar-refractivity contribution in [2.45, 2.75) is 13.3 Å². The van der Waals surface area contributed by atoms with Crippen LogP contribution < -0.4 is 10.1 Å². The topological polar surface area (TPSA) is 47.0 Å². The zero-order valence-electron chi connectivity index (χ0n) is 10.1. The van der Waals surface area contributed by atoms with Crippen molar-refractivity contribution >= 4 is 23.1 Å². The van der Waals surface area contributed by atoms with Gasteiger partial charge in [0.2, 0.25) is 0 Å². The summed E-state index contributed by atoms with van der Waals surface area (Å²) in [5, 5.41) is 11.2. The van der Waals surface area contributed by atoms with Crippen LogP contribution >= 0.6 is 11.6 Å². The Hall–Kier alpha value is -1.81. The fourth-order valence-electron chi connectivity index (χ4n) is 1.38. The molecule has 1 aromatic carbocycles. The van der Waals surface area contributed by atoms with Crippen molar-refractivity contribution in [3.63, 3.8) is 0 Å². The summed E-state index contributed by atoms with van der Waals surface area (Å²) in [4.78, 5) is 0. The van der Waals surface area contributed by atoms with E-state index in [1.54, 1.807) is 12.1 Å². The molecule has 1 aromatic heterocycles. The number of nitrogens with one attached hydrogen (secondary N) is 1. The highest BCUT2D eigenvalue weighted by Gasteiger charge is 1.98. The summed E-state index contributed by atoms with van der Waals surface area (Å²) in [6, 6.07) is 11.2. The van der Waals surface area contributed by atoms with Gasteiger partial charge in [-0.1, -0.05) is 18.5 Å². The van der Waals surface area contributed by atoms with E-state index in [1.165, 1.54) is 0 Å². The van der Waals surface area contributed by atoms with Gasteiger partial charge in [0.25, 0.3) is 0 Å². The Morgan fingerprint density at radius 1 is 1.11 bits per heavy atom. The van der Waals surface area contributed by atoms with Crippen molar-refractivity contribution in [3.05, 3.63) is 41.6 Å². The van der Waals surface area contributed by atoms with E-state index in [0.717, 1.165) is 24.5 Å². The van der Waals surface area contributed by atoms with Gasteiger partial charge in [-0.2, -0.15) is 0 Å². The summed E-state index contributed by atoms with van der Waals surface area (Å²) in [5.41, 5.74) is 0.926. The molecule has 0 saturated heterocycles. The van der Waals surface area contributed by atoms with Crippen LogP contribution in [-0.2, 0) is 0 Å². The number of benzene rings is 1. The lowest BCUT2D eigenvalue weighted by Crippen LogP contribution is -1.97. The maximum Gasteiger partial charge on any atom is 0.153 e. The molecule has 2 rings (SSSR count). The summed E-state index contributed by atoms with van der Waals surface area (Å²) >= 11 is 5.67. The molecule has 0 saturated carbocycles. The molecule has 0 radical (unpaired) electrons. The number of aromatic nitrogens is 2. The van der Waals surface area contributed by atoms with E-state index in [4.69, 9.17) is 16.3 Å². The Morgan fingerprint density at radius 2 is 1.89 bits per heavy atom. The van der Waals surface area contributed by atoms with Crippen LogP contribution in [0, 0.1) is 0 Å². The smallest absolute Gasteiger partial charge is 0.153 e. The first kappa shape index (κ1) is 12.6. The molecule has 0 bridgehead atoms. The number of hydrogen-bond acceptors (Lipinski definition) is 4. The monoisotopic (exact) mass is 263 g/mol. The van der Waals surface area contributed by atoms with Gasteiger partial charge in [0, 0.05) is 5.69 Å². The van der Waals surface area contributed by atoms with Gasteiger partial charge in [0.1, 0.15) is 5.75 Å². The van der Waals surface area contributed by atoms with E-state index in [1.807, 2.05) is 24.3 Å². The summed E-state index contributed by atoms with van der Waals surface area (Å²) < 4.78 is 5.50. The van der Waals surface area contributed by atoms with Gasteiger partial charge in [-0.05, 0) is 42.8 Å². The van der Waals surface area contributed by atoms with Crippen LogP contribution in [0.25, 0.3) is 0 Å². The number of hydrogen-bond donors (Lipinski definition) is 1. The summed E-state index contributed by atoms with van der Waals surface area (Å²) in [6.45, 7) is 2.81. The van der Waals surface area contributed by atoms with Crippen molar-refractivity contribution in [2.75, 3.05) is 11.9 Å². The van der Waals surface area contributed by atoms with E-state index < -0.39 is 0 Å². The Morgan fingerprint density at radius 3 is 2.50 bits per heavy atom. The third kappa shape index (κ3) is 3.60. The maximum absolute atomic E-state index is 5.67. The summed E-state index contributed by atoms with van der Waals surface area (Å²) in [5.74, 6) is 1.52. The van der Waals surface area contributed by atoms with Crippen molar-refractivity contribution in [1.29, 1.82) is 0 Å². The zero-order chi connectivity index (χ0) is 12.8. The molecule has 0 atom stereocenters. The van der Waals surface area contributed by atoms with Crippen LogP contribution in [0.1, 0.15) is 13.3 Å². The molecule has 0 aliphatic carbocycles. The SMILES string of the molecule is CCCOc1ccc(Nc2ccc(Cl)nn2)cc1. The molecule has 0 spiro atoms. The normalized spacial score (nSPS) is 10.1. The van der Waals surface area contributed by atoms with Crippen LogP contribution in [0.2, 0.25) is 5.15 Å². The van der Waals surface area contributed by atoms with Crippen LogP contribution in [0.4, 0.5) is 11.5 Å². The molecule has 94 valence electrons. The molecule has 0 unspecified atom stereocenters. The van der Waals surface area contributed by atoms with E-state index in [9.17, 15) is 0 Å². The molecule has 5 heteroatoms. The van der Waals surface area contributed by atoms with Gasteiger partial charge >= 0.3 is 0 Å². The van der Waals surface area contributed by atoms with Crippen LogP contribution in [0.5, 0.6) is 5.75 Å². The zero-order valence-corrected chi connectivity index (χ0v) is 10.8. The average Bonchev–Trinajstić information content (AvgIpc) is 2.41. The van der Waals surface area contributed by atoms with E-state index in [0.29, 0.717) is 11.0 Å². The first-order valence-corrected chi connectivity index (χ1v) is 6.15. The molecule has 0 fully saturated rings. The first-order valence-electron chi connectivity index (χ1n) is 5.77. The molecule has 4 nitrogen and oxygen atoms in total.